The van der Waals surface area contributed by atoms with Gasteiger partial charge in [-0.2, -0.15) is 0 Å². The smallest absolute Gasteiger partial charge is 0.214 e. The van der Waals surface area contributed by atoms with Crippen molar-refractivity contribution in [3.05, 3.63) is 11.9 Å². The molecule has 0 aromatic carbocycles. The lowest BCUT2D eigenvalue weighted by molar-refractivity contribution is 0.316. The van der Waals surface area contributed by atoms with Crippen molar-refractivity contribution in [2.24, 2.45) is 5.92 Å². The summed E-state index contributed by atoms with van der Waals surface area (Å²) in [6, 6.07) is 0. The molecule has 2 heterocycles. The number of hydrogen-bond acceptors (Lipinski definition) is 6. The van der Waals surface area contributed by atoms with Gasteiger partial charge < -0.3 is 5.32 Å². The van der Waals surface area contributed by atoms with Gasteiger partial charge in [0.1, 0.15) is 0 Å². The fourth-order valence-corrected chi connectivity index (χ4v) is 4.04. The van der Waals surface area contributed by atoms with E-state index in [2.05, 4.69) is 20.1 Å². The zero-order valence-electron chi connectivity index (χ0n) is 11.9. The summed E-state index contributed by atoms with van der Waals surface area (Å²) >= 11 is 1.41. The molecule has 2 aromatic heterocycles. The molecule has 0 spiro atoms. The van der Waals surface area contributed by atoms with Gasteiger partial charge in [-0.3, -0.25) is 0 Å². The Morgan fingerprint density at radius 3 is 2.95 bits per heavy atom. The van der Waals surface area contributed by atoms with Crippen LogP contribution in [0.3, 0.4) is 0 Å². The highest BCUT2D eigenvalue weighted by atomic mass is 32.2. The minimum atomic E-state index is -3.20. The molecule has 0 bridgehead atoms. The molecule has 2 N–H and O–H groups in total. The van der Waals surface area contributed by atoms with Crippen molar-refractivity contribution in [2.45, 2.75) is 26.2 Å². The van der Waals surface area contributed by atoms with Crippen molar-refractivity contribution in [3.8, 4) is 0 Å². The van der Waals surface area contributed by atoms with E-state index in [1.807, 2.05) is 13.1 Å². The lowest BCUT2D eigenvalue weighted by Crippen LogP contribution is -2.35. The Hall–Kier alpha value is -1.19. The van der Waals surface area contributed by atoms with E-state index in [4.69, 9.17) is 0 Å². The van der Waals surface area contributed by atoms with Crippen molar-refractivity contribution in [3.63, 3.8) is 0 Å². The Morgan fingerprint density at radius 1 is 1.48 bits per heavy atom. The summed E-state index contributed by atoms with van der Waals surface area (Å²) in [6.45, 7) is 2.83. The molecular formula is C12H19N5O2S2. The van der Waals surface area contributed by atoms with E-state index in [1.54, 1.807) is 4.52 Å². The first-order valence-corrected chi connectivity index (χ1v) is 9.53. The van der Waals surface area contributed by atoms with Gasteiger partial charge >= 0.3 is 0 Å². The molecule has 21 heavy (non-hydrogen) atoms. The lowest BCUT2D eigenvalue weighted by Gasteiger charge is -2.25. The Balaban J connectivity index is 1.46. The molecule has 0 unspecified atom stereocenters. The van der Waals surface area contributed by atoms with Crippen LogP contribution >= 0.6 is 11.3 Å². The van der Waals surface area contributed by atoms with E-state index in [0.717, 1.165) is 23.5 Å². The van der Waals surface area contributed by atoms with E-state index in [0.29, 0.717) is 24.1 Å². The summed E-state index contributed by atoms with van der Waals surface area (Å²) in [4.78, 5) is 5.11. The van der Waals surface area contributed by atoms with E-state index >= 15 is 0 Å². The normalized spacial score (nSPS) is 16.2. The second kappa shape index (κ2) is 5.90. The van der Waals surface area contributed by atoms with Crippen LogP contribution in [0.15, 0.2) is 6.20 Å². The number of anilines is 1. The van der Waals surface area contributed by atoms with Crippen molar-refractivity contribution >= 4 is 31.5 Å². The monoisotopic (exact) mass is 329 g/mol. The van der Waals surface area contributed by atoms with E-state index in [-0.39, 0.29) is 5.75 Å². The van der Waals surface area contributed by atoms with Gasteiger partial charge in [0.15, 0.2) is 0 Å². The topological polar surface area (TPSA) is 88.4 Å². The first-order chi connectivity index (χ1) is 10.0. The first-order valence-electron chi connectivity index (χ1n) is 7.06. The van der Waals surface area contributed by atoms with Crippen molar-refractivity contribution in [1.29, 1.82) is 0 Å². The summed E-state index contributed by atoms with van der Waals surface area (Å²) in [5, 5.41) is 8.02. The van der Waals surface area contributed by atoms with Crippen LogP contribution in [0.1, 0.15) is 25.0 Å². The number of nitrogens with one attached hydrogen (secondary N) is 2. The molecule has 3 rings (SSSR count). The second-order valence-electron chi connectivity index (χ2n) is 5.41. The van der Waals surface area contributed by atoms with Gasteiger partial charge in [0.05, 0.1) is 17.6 Å². The van der Waals surface area contributed by atoms with Gasteiger partial charge in [-0.1, -0.05) is 17.8 Å². The highest BCUT2D eigenvalue weighted by Crippen LogP contribution is 2.25. The maximum Gasteiger partial charge on any atom is 0.214 e. The molecule has 9 heteroatoms. The highest BCUT2D eigenvalue weighted by Gasteiger charge is 2.20. The SMILES string of the molecule is Cc1cn2nc(NCCS(=O)(=O)NCC3CCC3)sc2n1. The fourth-order valence-electron chi connectivity index (χ4n) is 2.19. The number of fused-ring (bicyclic) bond motifs is 1. The number of sulfonamides is 1. The van der Waals surface area contributed by atoms with Crippen molar-refractivity contribution in [2.75, 3.05) is 24.2 Å². The van der Waals surface area contributed by atoms with Gasteiger partial charge in [-0.15, -0.1) is 5.10 Å². The summed E-state index contributed by atoms with van der Waals surface area (Å²) in [5.41, 5.74) is 0.920. The molecule has 0 atom stereocenters. The first kappa shape index (κ1) is 14.7. The number of hydrogen-bond donors (Lipinski definition) is 2. The standard InChI is InChI=1S/C12H19N5O2S2/c1-9-8-17-12(15-9)20-11(16-17)13-5-6-21(18,19)14-7-10-3-2-4-10/h8,10,14H,2-7H2,1H3,(H,13,16). The Kier molecular flexibility index (Phi) is 4.14. The average molecular weight is 329 g/mol. The zero-order chi connectivity index (χ0) is 14.9. The van der Waals surface area contributed by atoms with E-state index < -0.39 is 10.0 Å². The Bertz CT molecular complexity index is 686. The average Bonchev–Trinajstić information content (AvgIpc) is 2.83. The minimum Gasteiger partial charge on any atom is -0.359 e. The van der Waals surface area contributed by atoms with Crippen molar-refractivity contribution < 1.29 is 8.42 Å². The molecular weight excluding hydrogens is 310 g/mol. The van der Waals surface area contributed by atoms with Gasteiger partial charge in [0.25, 0.3) is 0 Å². The third-order valence-corrected chi connectivity index (χ3v) is 5.86. The third-order valence-electron chi connectivity index (χ3n) is 3.63. The predicted molar refractivity (Wildman–Crippen MR) is 83.2 cm³/mol. The van der Waals surface area contributed by atoms with Crippen LogP contribution < -0.4 is 10.0 Å². The van der Waals surface area contributed by atoms with E-state index in [1.165, 1.54) is 17.8 Å². The van der Waals surface area contributed by atoms with E-state index in [9.17, 15) is 8.42 Å². The molecule has 1 aliphatic rings. The highest BCUT2D eigenvalue weighted by molar-refractivity contribution is 7.89. The number of nitrogens with zero attached hydrogens (tertiary/aromatic N) is 3. The zero-order valence-corrected chi connectivity index (χ0v) is 13.5. The molecule has 1 aliphatic carbocycles. The summed E-state index contributed by atoms with van der Waals surface area (Å²) in [5.74, 6) is 0.586. The van der Waals surface area contributed by atoms with Gasteiger partial charge in [-0.25, -0.2) is 22.6 Å². The largest absolute Gasteiger partial charge is 0.359 e. The molecule has 0 amide bonds. The molecule has 1 fully saturated rings. The number of aromatic nitrogens is 3. The van der Waals surface area contributed by atoms with Crippen molar-refractivity contribution in [1.82, 2.24) is 19.3 Å². The van der Waals surface area contributed by atoms with Crippen LogP contribution in [0.5, 0.6) is 0 Å². The van der Waals surface area contributed by atoms with Gasteiger partial charge in [0, 0.05) is 13.1 Å². The van der Waals surface area contributed by atoms with Crippen LogP contribution in [-0.4, -0.2) is 41.9 Å². The maximum absolute atomic E-state index is 11.8. The molecule has 0 aliphatic heterocycles. The molecule has 2 aromatic rings. The number of imidazole rings is 1. The minimum absolute atomic E-state index is 0.0562. The quantitative estimate of drug-likeness (QED) is 0.797. The molecule has 0 radical (unpaired) electrons. The number of rotatable bonds is 7. The lowest BCUT2D eigenvalue weighted by atomic mass is 9.86. The third kappa shape index (κ3) is 3.72. The van der Waals surface area contributed by atoms with Gasteiger partial charge in [-0.05, 0) is 25.7 Å². The van der Waals surface area contributed by atoms with Crippen LogP contribution in [0.4, 0.5) is 5.13 Å². The van der Waals surface area contributed by atoms with Crippen LogP contribution in [-0.2, 0) is 10.0 Å². The second-order valence-corrected chi connectivity index (χ2v) is 8.29. The molecule has 1 saturated carbocycles. The summed E-state index contributed by atoms with van der Waals surface area (Å²) < 4.78 is 28.1. The predicted octanol–water partition coefficient (Wildman–Crippen LogP) is 1.23. The fraction of sp³-hybridized carbons (Fsp3) is 0.667. The summed E-state index contributed by atoms with van der Waals surface area (Å²) in [7, 11) is -3.20. The van der Waals surface area contributed by atoms with Crippen LogP contribution in [0.2, 0.25) is 0 Å². The van der Waals surface area contributed by atoms with Gasteiger partial charge in [0.2, 0.25) is 20.1 Å². The molecule has 0 saturated heterocycles. The van der Waals surface area contributed by atoms with Crippen LogP contribution in [0.25, 0.3) is 4.96 Å². The number of aryl methyl sites for hydroxylation is 1. The Morgan fingerprint density at radius 2 is 2.29 bits per heavy atom. The molecule has 116 valence electrons. The molecule has 7 nitrogen and oxygen atoms in total. The summed E-state index contributed by atoms with van der Waals surface area (Å²) in [6.07, 6.45) is 5.34. The Labute approximate surface area is 127 Å². The maximum atomic E-state index is 11.8. The van der Waals surface area contributed by atoms with Crippen LogP contribution in [0, 0.1) is 12.8 Å².